The summed E-state index contributed by atoms with van der Waals surface area (Å²) < 4.78 is 0. The molecule has 0 heterocycles. The van der Waals surface area contributed by atoms with Gasteiger partial charge in [0.05, 0.1) is 0 Å². The lowest BCUT2D eigenvalue weighted by Gasteiger charge is -2.25. The summed E-state index contributed by atoms with van der Waals surface area (Å²) in [7, 11) is 0. The van der Waals surface area contributed by atoms with Crippen molar-refractivity contribution < 1.29 is 0 Å². The Morgan fingerprint density at radius 1 is 0.667 bits per heavy atom. The molecule has 1 nitrogen and oxygen atoms in total. The first-order valence-corrected chi connectivity index (χ1v) is 8.20. The van der Waals surface area contributed by atoms with Gasteiger partial charge in [-0.3, -0.25) is 0 Å². The molecule has 0 saturated heterocycles. The molecule has 2 heteroatoms. The van der Waals surface area contributed by atoms with Gasteiger partial charge < -0.3 is 4.90 Å². The molecule has 0 saturated carbocycles. The first-order chi connectivity index (χ1) is 11.2. The van der Waals surface area contributed by atoms with Crippen molar-refractivity contribution in [3.05, 3.63) is 90.5 Å². The van der Waals surface area contributed by atoms with E-state index in [2.05, 4.69) is 103 Å². The van der Waals surface area contributed by atoms with Crippen LogP contribution in [-0.2, 0) is 6.54 Å². The maximum absolute atomic E-state index is 2.35. The molecule has 0 aromatic heterocycles. The van der Waals surface area contributed by atoms with Crippen LogP contribution in [0.5, 0.6) is 0 Å². The van der Waals surface area contributed by atoms with Crippen molar-refractivity contribution in [2.45, 2.75) is 27.6 Å². The highest BCUT2D eigenvalue weighted by Crippen LogP contribution is 2.26. The number of hydrogen-bond donors (Lipinski definition) is 0. The van der Waals surface area contributed by atoms with Crippen LogP contribution >= 0.6 is 0 Å². The summed E-state index contributed by atoms with van der Waals surface area (Å²) in [6.07, 6.45) is 0. The third-order valence-corrected chi connectivity index (χ3v) is 4.12. The van der Waals surface area contributed by atoms with Gasteiger partial charge in [-0.05, 0) is 29.8 Å². The number of rotatable bonds is 5. The number of anilines is 2. The van der Waals surface area contributed by atoms with E-state index in [9.17, 15) is 0 Å². The predicted octanol–water partition coefficient (Wildman–Crippen LogP) is 5.62. The molecule has 0 spiro atoms. The van der Waals surface area contributed by atoms with Crippen molar-refractivity contribution >= 4 is 23.6 Å². The molecule has 0 N–H and O–H groups in total. The molecule has 0 aliphatic heterocycles. The van der Waals surface area contributed by atoms with Gasteiger partial charge in [0.25, 0.3) is 0 Å². The fraction of sp³-hybridized carbons (Fsp3) is 0.182. The van der Waals surface area contributed by atoms with Crippen LogP contribution in [0.3, 0.4) is 0 Å². The Bertz CT molecular complexity index is 681. The molecule has 0 atom stereocenters. The van der Waals surface area contributed by atoms with E-state index >= 15 is 0 Å². The summed E-state index contributed by atoms with van der Waals surface area (Å²) in [6.45, 7) is 5.90. The highest BCUT2D eigenvalue weighted by molar-refractivity contribution is 6.70. The molecule has 0 amide bonds. The minimum absolute atomic E-state index is 0. The quantitative estimate of drug-likeness (QED) is 0.552. The molecule has 122 valence electrons. The highest BCUT2D eigenvalue weighted by atomic mass is 15.1. The second-order valence-electron chi connectivity index (χ2n) is 6.15. The SMILES string of the molecule is C.CB(C)c1ccc(CN(c2ccccc2)c2ccccc2)cc1. The Labute approximate surface area is 147 Å². The average molecular weight is 315 g/mol. The molecule has 0 unspecified atom stereocenters. The first kappa shape index (κ1) is 17.9. The standard InChI is InChI=1S/C21H22BN.CH4/c1-22(2)19-15-13-18(14-16-19)17-23(20-9-5-3-6-10-20)21-11-7-4-8-12-21;/h3-16H,17H2,1-2H3;1H4. The lowest BCUT2D eigenvalue weighted by atomic mass is 9.49. The van der Waals surface area contributed by atoms with Crippen molar-refractivity contribution in [1.29, 1.82) is 0 Å². The number of benzene rings is 3. The van der Waals surface area contributed by atoms with Gasteiger partial charge in [-0.1, -0.05) is 87.2 Å². The molecule has 0 aliphatic rings. The highest BCUT2D eigenvalue weighted by Gasteiger charge is 2.10. The van der Waals surface area contributed by atoms with Gasteiger partial charge in [0, 0.05) is 17.9 Å². The maximum atomic E-state index is 2.35. The molecule has 3 aromatic carbocycles. The molecule has 0 radical (unpaired) electrons. The Morgan fingerprint density at radius 3 is 1.54 bits per heavy atom. The van der Waals surface area contributed by atoms with Crippen LogP contribution in [0.15, 0.2) is 84.9 Å². The number of para-hydroxylation sites is 2. The van der Waals surface area contributed by atoms with E-state index in [1.807, 2.05) is 0 Å². The van der Waals surface area contributed by atoms with Gasteiger partial charge in [-0.2, -0.15) is 0 Å². The van der Waals surface area contributed by atoms with Gasteiger partial charge in [0.2, 0.25) is 0 Å². The zero-order valence-corrected chi connectivity index (χ0v) is 13.8. The van der Waals surface area contributed by atoms with E-state index < -0.39 is 0 Å². The van der Waals surface area contributed by atoms with E-state index in [0.717, 1.165) is 6.54 Å². The Balaban J connectivity index is 0.00000208. The van der Waals surface area contributed by atoms with E-state index in [0.29, 0.717) is 6.71 Å². The van der Waals surface area contributed by atoms with Crippen molar-refractivity contribution in [2.24, 2.45) is 0 Å². The summed E-state index contributed by atoms with van der Waals surface area (Å²) in [5.74, 6) is 0. The van der Waals surface area contributed by atoms with E-state index in [1.165, 1.54) is 22.4 Å². The lowest BCUT2D eigenvalue weighted by molar-refractivity contribution is 0.976. The van der Waals surface area contributed by atoms with E-state index in [4.69, 9.17) is 0 Å². The van der Waals surface area contributed by atoms with Gasteiger partial charge >= 0.3 is 0 Å². The zero-order chi connectivity index (χ0) is 16.1. The van der Waals surface area contributed by atoms with Crippen molar-refractivity contribution in [2.75, 3.05) is 4.90 Å². The van der Waals surface area contributed by atoms with Crippen molar-refractivity contribution in [3.8, 4) is 0 Å². The van der Waals surface area contributed by atoms with Gasteiger partial charge in [0.1, 0.15) is 0 Å². The van der Waals surface area contributed by atoms with Crippen LogP contribution in [0.2, 0.25) is 13.6 Å². The predicted molar refractivity (Wildman–Crippen MR) is 109 cm³/mol. The van der Waals surface area contributed by atoms with E-state index in [1.54, 1.807) is 0 Å². The summed E-state index contributed by atoms with van der Waals surface area (Å²) in [5, 5.41) is 0. The van der Waals surface area contributed by atoms with Gasteiger partial charge in [-0.25, -0.2) is 0 Å². The van der Waals surface area contributed by atoms with Crippen LogP contribution in [0, 0.1) is 0 Å². The molecule has 3 rings (SSSR count). The molecular weight excluding hydrogens is 289 g/mol. The fourth-order valence-corrected chi connectivity index (χ4v) is 2.74. The smallest absolute Gasteiger partial charge is 0.169 e. The molecule has 0 bridgehead atoms. The topological polar surface area (TPSA) is 3.24 Å². The Morgan fingerprint density at radius 2 is 1.12 bits per heavy atom. The Hall–Kier alpha value is -2.48. The molecular formula is C22H26BN. The normalized spacial score (nSPS) is 9.92. The zero-order valence-electron chi connectivity index (χ0n) is 13.8. The van der Waals surface area contributed by atoms with E-state index in [-0.39, 0.29) is 7.43 Å². The average Bonchev–Trinajstić information content (AvgIpc) is 2.61. The van der Waals surface area contributed by atoms with Crippen LogP contribution in [0.25, 0.3) is 0 Å². The molecule has 0 aliphatic carbocycles. The van der Waals surface area contributed by atoms with Gasteiger partial charge in [-0.15, -0.1) is 0 Å². The largest absolute Gasteiger partial charge is 0.337 e. The van der Waals surface area contributed by atoms with Gasteiger partial charge in [0.15, 0.2) is 6.71 Å². The second kappa shape index (κ2) is 8.40. The van der Waals surface area contributed by atoms with Crippen LogP contribution in [0.4, 0.5) is 11.4 Å². The lowest BCUT2D eigenvalue weighted by Crippen LogP contribution is -2.23. The summed E-state index contributed by atoms with van der Waals surface area (Å²) >= 11 is 0. The van der Waals surface area contributed by atoms with Crippen LogP contribution in [0.1, 0.15) is 13.0 Å². The minimum Gasteiger partial charge on any atom is -0.337 e. The second-order valence-corrected chi connectivity index (χ2v) is 6.15. The van der Waals surface area contributed by atoms with Crippen LogP contribution < -0.4 is 10.4 Å². The maximum Gasteiger partial charge on any atom is 0.169 e. The monoisotopic (exact) mass is 315 g/mol. The third kappa shape index (κ3) is 4.29. The Kier molecular flexibility index (Phi) is 6.25. The molecule has 0 fully saturated rings. The summed E-state index contributed by atoms with van der Waals surface area (Å²) in [6, 6.07) is 30.1. The van der Waals surface area contributed by atoms with Crippen molar-refractivity contribution in [1.82, 2.24) is 0 Å². The first-order valence-electron chi connectivity index (χ1n) is 8.20. The third-order valence-electron chi connectivity index (χ3n) is 4.12. The summed E-state index contributed by atoms with van der Waals surface area (Å²) in [5.41, 5.74) is 5.14. The number of hydrogen-bond acceptors (Lipinski definition) is 1. The number of nitrogens with zero attached hydrogens (tertiary/aromatic N) is 1. The van der Waals surface area contributed by atoms with Crippen LogP contribution in [-0.4, -0.2) is 6.71 Å². The molecule has 24 heavy (non-hydrogen) atoms. The van der Waals surface area contributed by atoms with Crippen molar-refractivity contribution in [3.63, 3.8) is 0 Å². The molecule has 3 aromatic rings. The minimum atomic E-state index is 0. The summed E-state index contributed by atoms with van der Waals surface area (Å²) in [4.78, 5) is 2.35. The fourth-order valence-electron chi connectivity index (χ4n) is 2.74.